The largest absolute Gasteiger partial charge is 0.385 e. The second-order valence-corrected chi connectivity index (χ2v) is 2.97. The molecule has 0 rings (SSSR count). The van der Waals surface area contributed by atoms with E-state index in [1.807, 2.05) is 0 Å². The zero-order valence-corrected chi connectivity index (χ0v) is 8.40. The molecule has 0 saturated heterocycles. The fourth-order valence-electron chi connectivity index (χ4n) is 0.772. The molecule has 3 nitrogen and oxygen atoms in total. The van der Waals surface area contributed by atoms with Gasteiger partial charge in [-0.25, -0.2) is 0 Å². The predicted octanol–water partition coefficient (Wildman–Crippen LogP) is 0.849. The third kappa shape index (κ3) is 7.88. The van der Waals surface area contributed by atoms with Crippen LogP contribution in [0.4, 0.5) is 0 Å². The summed E-state index contributed by atoms with van der Waals surface area (Å²) in [6.07, 6.45) is 2.30. The van der Waals surface area contributed by atoms with E-state index in [1.165, 1.54) is 0 Å². The van der Waals surface area contributed by atoms with Crippen LogP contribution >= 0.6 is 12.6 Å². The number of hydrogen-bond donors (Lipinski definition) is 2. The van der Waals surface area contributed by atoms with Crippen LogP contribution in [0, 0.1) is 0 Å². The minimum atomic E-state index is 0.111. The van der Waals surface area contributed by atoms with Crippen molar-refractivity contribution in [1.82, 2.24) is 5.32 Å². The Hall–Kier alpha value is -0.220. The lowest BCUT2D eigenvalue weighted by molar-refractivity contribution is -0.121. The van der Waals surface area contributed by atoms with Crippen molar-refractivity contribution in [3.05, 3.63) is 0 Å². The van der Waals surface area contributed by atoms with E-state index in [4.69, 9.17) is 4.74 Å². The third-order valence-corrected chi connectivity index (χ3v) is 1.73. The number of hydrogen-bond acceptors (Lipinski definition) is 3. The van der Waals surface area contributed by atoms with Gasteiger partial charge in [0.15, 0.2) is 0 Å². The van der Waals surface area contributed by atoms with Crippen LogP contribution in [0.2, 0.25) is 0 Å². The lowest BCUT2D eigenvalue weighted by Crippen LogP contribution is -2.24. The Labute approximate surface area is 79.3 Å². The van der Waals surface area contributed by atoms with E-state index in [0.29, 0.717) is 19.6 Å². The van der Waals surface area contributed by atoms with Gasteiger partial charge < -0.3 is 10.1 Å². The van der Waals surface area contributed by atoms with Gasteiger partial charge in [-0.3, -0.25) is 4.79 Å². The molecule has 0 bridgehead atoms. The average molecular weight is 191 g/mol. The van der Waals surface area contributed by atoms with Gasteiger partial charge in [0.05, 0.1) is 0 Å². The summed E-state index contributed by atoms with van der Waals surface area (Å²) in [5, 5.41) is 2.80. The van der Waals surface area contributed by atoms with Crippen LogP contribution in [-0.2, 0) is 9.53 Å². The Morgan fingerprint density at radius 1 is 1.50 bits per heavy atom. The number of methoxy groups -OCH3 is 1. The standard InChI is InChI=1S/C8H17NO2S/c1-11-6-3-5-9-8(10)4-2-7-12/h12H,2-7H2,1H3,(H,9,10). The molecule has 0 spiro atoms. The molecule has 1 N–H and O–H groups in total. The van der Waals surface area contributed by atoms with Crippen molar-refractivity contribution in [3.63, 3.8) is 0 Å². The van der Waals surface area contributed by atoms with Crippen molar-refractivity contribution in [2.24, 2.45) is 0 Å². The van der Waals surface area contributed by atoms with Gasteiger partial charge in [0, 0.05) is 26.7 Å². The van der Waals surface area contributed by atoms with Gasteiger partial charge >= 0.3 is 0 Å². The summed E-state index contributed by atoms with van der Waals surface area (Å²) in [6.45, 7) is 1.41. The minimum absolute atomic E-state index is 0.111. The second kappa shape index (κ2) is 8.87. The number of rotatable bonds is 7. The maximum Gasteiger partial charge on any atom is 0.220 e. The molecule has 0 aliphatic heterocycles. The van der Waals surface area contributed by atoms with Crippen LogP contribution in [0.3, 0.4) is 0 Å². The van der Waals surface area contributed by atoms with E-state index in [-0.39, 0.29) is 5.91 Å². The van der Waals surface area contributed by atoms with Gasteiger partial charge in [-0.05, 0) is 18.6 Å². The summed E-state index contributed by atoms with van der Waals surface area (Å²) in [6, 6.07) is 0. The molecule has 1 amide bonds. The first-order chi connectivity index (χ1) is 5.81. The molecule has 0 aromatic heterocycles. The van der Waals surface area contributed by atoms with E-state index in [1.54, 1.807) is 7.11 Å². The Bertz CT molecular complexity index is 120. The normalized spacial score (nSPS) is 9.83. The molecular weight excluding hydrogens is 174 g/mol. The highest BCUT2D eigenvalue weighted by molar-refractivity contribution is 7.80. The molecule has 0 aromatic rings. The molecule has 0 radical (unpaired) electrons. The van der Waals surface area contributed by atoms with Gasteiger partial charge in [-0.2, -0.15) is 12.6 Å². The molecule has 4 heteroatoms. The van der Waals surface area contributed by atoms with Gasteiger partial charge in [0.2, 0.25) is 5.91 Å². The quantitative estimate of drug-likeness (QED) is 0.462. The summed E-state index contributed by atoms with van der Waals surface area (Å²) < 4.78 is 4.84. The highest BCUT2D eigenvalue weighted by atomic mass is 32.1. The Morgan fingerprint density at radius 3 is 2.83 bits per heavy atom. The third-order valence-electron chi connectivity index (χ3n) is 1.41. The number of thiol groups is 1. The Kier molecular flexibility index (Phi) is 8.71. The minimum Gasteiger partial charge on any atom is -0.385 e. The average Bonchev–Trinajstić information content (AvgIpc) is 2.09. The fourth-order valence-corrected chi connectivity index (χ4v) is 0.930. The zero-order chi connectivity index (χ0) is 9.23. The number of carbonyl (C=O) groups excluding carboxylic acids is 1. The van der Waals surface area contributed by atoms with Crippen LogP contribution in [0.5, 0.6) is 0 Å². The lowest BCUT2D eigenvalue weighted by Gasteiger charge is -2.03. The van der Waals surface area contributed by atoms with Crippen LogP contribution in [0.15, 0.2) is 0 Å². The van der Waals surface area contributed by atoms with Crippen molar-refractivity contribution in [2.45, 2.75) is 19.3 Å². The molecule has 0 saturated carbocycles. The highest BCUT2D eigenvalue weighted by Gasteiger charge is 1.97. The molecule has 0 aliphatic rings. The van der Waals surface area contributed by atoms with Gasteiger partial charge in [0.25, 0.3) is 0 Å². The molecule has 0 fully saturated rings. The molecule has 0 aromatic carbocycles. The topological polar surface area (TPSA) is 38.3 Å². The first-order valence-corrected chi connectivity index (χ1v) is 4.81. The van der Waals surface area contributed by atoms with E-state index in [2.05, 4.69) is 17.9 Å². The molecule has 0 heterocycles. The second-order valence-electron chi connectivity index (χ2n) is 2.52. The summed E-state index contributed by atoms with van der Waals surface area (Å²) >= 11 is 4.02. The maximum atomic E-state index is 11.0. The molecule has 72 valence electrons. The van der Waals surface area contributed by atoms with E-state index in [0.717, 1.165) is 18.6 Å². The highest BCUT2D eigenvalue weighted by Crippen LogP contribution is 1.90. The van der Waals surface area contributed by atoms with Crippen molar-refractivity contribution in [2.75, 3.05) is 26.0 Å². The monoisotopic (exact) mass is 191 g/mol. The summed E-state index contributed by atoms with van der Waals surface area (Å²) in [5.74, 6) is 0.881. The smallest absolute Gasteiger partial charge is 0.220 e. The molecule has 12 heavy (non-hydrogen) atoms. The van der Waals surface area contributed by atoms with E-state index < -0.39 is 0 Å². The van der Waals surface area contributed by atoms with Crippen molar-refractivity contribution in [3.8, 4) is 0 Å². The molecule has 0 unspecified atom stereocenters. The molecule has 0 aliphatic carbocycles. The van der Waals surface area contributed by atoms with Crippen LogP contribution < -0.4 is 5.32 Å². The van der Waals surface area contributed by atoms with Gasteiger partial charge in [-0.15, -0.1) is 0 Å². The summed E-state index contributed by atoms with van der Waals surface area (Å²) in [5.41, 5.74) is 0. The zero-order valence-electron chi connectivity index (χ0n) is 7.51. The predicted molar refractivity (Wildman–Crippen MR) is 52.6 cm³/mol. The van der Waals surface area contributed by atoms with Crippen molar-refractivity contribution >= 4 is 18.5 Å². The lowest BCUT2D eigenvalue weighted by atomic mass is 10.3. The van der Waals surface area contributed by atoms with Crippen molar-refractivity contribution in [1.29, 1.82) is 0 Å². The number of nitrogens with one attached hydrogen (secondary N) is 1. The summed E-state index contributed by atoms with van der Waals surface area (Å²) in [7, 11) is 1.66. The summed E-state index contributed by atoms with van der Waals surface area (Å²) in [4.78, 5) is 11.0. The van der Waals surface area contributed by atoms with E-state index in [9.17, 15) is 4.79 Å². The van der Waals surface area contributed by atoms with Crippen LogP contribution in [0.1, 0.15) is 19.3 Å². The first-order valence-electron chi connectivity index (χ1n) is 4.17. The number of amides is 1. The Balaban J connectivity index is 3.08. The van der Waals surface area contributed by atoms with Crippen molar-refractivity contribution < 1.29 is 9.53 Å². The maximum absolute atomic E-state index is 11.0. The Morgan fingerprint density at radius 2 is 2.25 bits per heavy atom. The number of carbonyl (C=O) groups is 1. The van der Waals surface area contributed by atoms with Gasteiger partial charge in [-0.1, -0.05) is 0 Å². The fraction of sp³-hybridized carbons (Fsp3) is 0.875. The first kappa shape index (κ1) is 11.8. The van der Waals surface area contributed by atoms with Gasteiger partial charge in [0.1, 0.15) is 0 Å². The van der Waals surface area contributed by atoms with Crippen LogP contribution in [0.25, 0.3) is 0 Å². The van der Waals surface area contributed by atoms with Crippen LogP contribution in [-0.4, -0.2) is 31.9 Å². The SMILES string of the molecule is COCCCNC(=O)CCCS. The van der Waals surface area contributed by atoms with E-state index >= 15 is 0 Å². The molecule has 0 atom stereocenters. The molecular formula is C8H17NO2S. The number of ether oxygens (including phenoxy) is 1.